The minimum atomic E-state index is -1.17. The third-order valence-corrected chi connectivity index (χ3v) is 2.93. The van der Waals surface area contributed by atoms with Gasteiger partial charge in [0.25, 0.3) is 5.91 Å². The highest BCUT2D eigenvalue weighted by Crippen LogP contribution is 2.25. The van der Waals surface area contributed by atoms with Gasteiger partial charge in [-0.3, -0.25) is 10.1 Å². The van der Waals surface area contributed by atoms with Crippen molar-refractivity contribution in [1.29, 1.82) is 0 Å². The molecule has 110 valence electrons. The lowest BCUT2D eigenvalue weighted by atomic mass is 10.1. The monoisotopic (exact) mass is 290 g/mol. The van der Waals surface area contributed by atoms with Crippen LogP contribution < -0.4 is 11.1 Å². The average molecular weight is 290 g/mol. The number of hydrogen-bond acceptors (Lipinski definition) is 5. The number of carbonyl (C=O) groups excluding carboxylic acids is 3. The van der Waals surface area contributed by atoms with E-state index in [2.05, 4.69) is 0 Å². The second kappa shape index (κ2) is 5.66. The molecule has 0 radical (unpaired) electrons. The molecule has 1 aromatic heterocycles. The summed E-state index contributed by atoms with van der Waals surface area (Å²) in [7, 11) is 0. The number of nitrogens with two attached hydrogens (primary N) is 1. The number of aryl methyl sites for hydroxylation is 1. The van der Waals surface area contributed by atoms with Crippen molar-refractivity contribution in [3.05, 3.63) is 35.6 Å². The lowest BCUT2D eigenvalue weighted by molar-refractivity contribution is -0.127. The average Bonchev–Trinajstić information content (AvgIpc) is 2.76. The number of fused-ring (bicyclic) bond motifs is 1. The molecule has 3 N–H and O–H groups in total. The van der Waals surface area contributed by atoms with Gasteiger partial charge in [-0.15, -0.1) is 0 Å². The van der Waals surface area contributed by atoms with Gasteiger partial charge in [0.15, 0.2) is 6.10 Å². The Morgan fingerprint density at radius 3 is 2.57 bits per heavy atom. The van der Waals surface area contributed by atoms with Gasteiger partial charge in [-0.05, 0) is 19.9 Å². The molecule has 0 saturated heterocycles. The number of urea groups is 1. The van der Waals surface area contributed by atoms with Crippen LogP contribution in [0.4, 0.5) is 4.79 Å². The van der Waals surface area contributed by atoms with Crippen LogP contribution in [-0.2, 0) is 9.53 Å². The van der Waals surface area contributed by atoms with Crippen molar-refractivity contribution in [2.24, 2.45) is 5.73 Å². The van der Waals surface area contributed by atoms with Crippen molar-refractivity contribution < 1.29 is 23.5 Å². The van der Waals surface area contributed by atoms with E-state index < -0.39 is 24.0 Å². The molecule has 2 aromatic rings. The van der Waals surface area contributed by atoms with Crippen LogP contribution in [0.1, 0.15) is 23.0 Å². The van der Waals surface area contributed by atoms with E-state index in [0.717, 1.165) is 5.39 Å². The highest BCUT2D eigenvalue weighted by atomic mass is 16.6. The number of imide groups is 1. The largest absolute Gasteiger partial charge is 0.449 e. The van der Waals surface area contributed by atoms with Gasteiger partial charge in [0.05, 0.1) is 0 Å². The lowest BCUT2D eigenvalue weighted by Crippen LogP contribution is -2.42. The summed E-state index contributed by atoms with van der Waals surface area (Å²) in [4.78, 5) is 34.1. The van der Waals surface area contributed by atoms with Gasteiger partial charge in [-0.25, -0.2) is 9.59 Å². The first-order chi connectivity index (χ1) is 9.90. The van der Waals surface area contributed by atoms with Gasteiger partial charge in [0, 0.05) is 10.9 Å². The number of esters is 1. The molecule has 21 heavy (non-hydrogen) atoms. The Kier molecular flexibility index (Phi) is 3.93. The number of nitrogens with one attached hydrogen (secondary N) is 1. The highest BCUT2D eigenvalue weighted by Gasteiger charge is 2.24. The summed E-state index contributed by atoms with van der Waals surface area (Å²) in [6.45, 7) is 3.05. The Bertz CT molecular complexity index is 719. The first kappa shape index (κ1) is 14.6. The maximum atomic E-state index is 12.0. The van der Waals surface area contributed by atoms with Gasteiger partial charge in [-0.1, -0.05) is 18.2 Å². The lowest BCUT2D eigenvalue weighted by Gasteiger charge is -2.10. The number of carbonyl (C=O) groups is 3. The number of benzene rings is 1. The van der Waals surface area contributed by atoms with E-state index in [1.54, 1.807) is 19.1 Å². The van der Waals surface area contributed by atoms with Gasteiger partial charge in [0.1, 0.15) is 5.58 Å². The predicted octanol–water partition coefficient (Wildman–Crippen LogP) is 1.48. The quantitative estimate of drug-likeness (QED) is 0.831. The van der Waals surface area contributed by atoms with E-state index in [4.69, 9.17) is 14.9 Å². The van der Waals surface area contributed by atoms with Gasteiger partial charge in [0.2, 0.25) is 5.76 Å². The Morgan fingerprint density at radius 1 is 1.29 bits per heavy atom. The summed E-state index contributed by atoms with van der Waals surface area (Å²) >= 11 is 0. The van der Waals surface area contributed by atoms with Crippen molar-refractivity contribution in [3.8, 4) is 0 Å². The fourth-order valence-corrected chi connectivity index (χ4v) is 1.86. The molecule has 7 nitrogen and oxygen atoms in total. The van der Waals surface area contributed by atoms with Crippen LogP contribution in [-0.4, -0.2) is 24.0 Å². The molecule has 0 bridgehead atoms. The Labute approximate surface area is 120 Å². The van der Waals surface area contributed by atoms with Crippen LogP contribution in [0.5, 0.6) is 0 Å². The zero-order chi connectivity index (χ0) is 15.6. The van der Waals surface area contributed by atoms with Gasteiger partial charge in [-0.2, -0.15) is 0 Å². The summed E-state index contributed by atoms with van der Waals surface area (Å²) < 4.78 is 10.4. The topological polar surface area (TPSA) is 112 Å². The zero-order valence-electron chi connectivity index (χ0n) is 11.5. The molecule has 1 aromatic carbocycles. The van der Waals surface area contributed by atoms with Crippen LogP contribution in [0, 0.1) is 6.92 Å². The van der Waals surface area contributed by atoms with E-state index in [-0.39, 0.29) is 5.76 Å². The molecule has 0 spiro atoms. The minimum Gasteiger partial charge on any atom is -0.449 e. The van der Waals surface area contributed by atoms with Crippen molar-refractivity contribution in [3.63, 3.8) is 0 Å². The number of furan rings is 1. The van der Waals surface area contributed by atoms with E-state index >= 15 is 0 Å². The molecule has 7 heteroatoms. The third-order valence-electron chi connectivity index (χ3n) is 2.93. The summed E-state index contributed by atoms with van der Waals surface area (Å²) in [5.41, 5.74) is 5.99. The first-order valence-electron chi connectivity index (χ1n) is 6.19. The van der Waals surface area contributed by atoms with E-state index in [1.807, 2.05) is 17.4 Å². The predicted molar refractivity (Wildman–Crippen MR) is 73.6 cm³/mol. The number of rotatable bonds is 3. The third kappa shape index (κ3) is 3.02. The normalized spacial score (nSPS) is 11.9. The van der Waals surface area contributed by atoms with Crippen LogP contribution in [0.25, 0.3) is 11.0 Å². The molecule has 0 unspecified atom stereocenters. The number of hydrogen-bond donors (Lipinski definition) is 2. The standard InChI is InChI=1S/C14H14N2O5/c1-7-9-5-3-4-6-10(9)21-11(7)13(18)20-8(2)12(17)16-14(15)19/h3-6,8H,1-2H3,(H3,15,16,17,19)/t8-/m0/s1. The summed E-state index contributed by atoms with van der Waals surface area (Å²) in [6, 6.07) is 6.13. The molecular weight excluding hydrogens is 276 g/mol. The SMILES string of the molecule is Cc1c(C(=O)O[C@@H](C)C(=O)NC(N)=O)oc2ccccc12. The molecule has 0 aliphatic heterocycles. The zero-order valence-corrected chi connectivity index (χ0v) is 11.5. The molecule has 2 rings (SSSR count). The molecular formula is C14H14N2O5. The maximum absolute atomic E-state index is 12.0. The van der Waals surface area contributed by atoms with Crippen molar-refractivity contribution in [2.45, 2.75) is 20.0 Å². The Morgan fingerprint density at radius 2 is 1.95 bits per heavy atom. The van der Waals surface area contributed by atoms with Crippen LogP contribution >= 0.6 is 0 Å². The van der Waals surface area contributed by atoms with Crippen molar-refractivity contribution in [1.82, 2.24) is 5.32 Å². The highest BCUT2D eigenvalue weighted by molar-refractivity contribution is 5.99. The summed E-state index contributed by atoms with van der Waals surface area (Å²) in [5.74, 6) is -1.56. The number of amides is 3. The molecule has 1 atom stereocenters. The second-order valence-corrected chi connectivity index (χ2v) is 4.45. The molecule has 0 saturated carbocycles. The molecule has 3 amide bonds. The molecule has 0 aliphatic carbocycles. The molecule has 0 aliphatic rings. The van der Waals surface area contributed by atoms with Crippen molar-refractivity contribution >= 4 is 28.9 Å². The second-order valence-electron chi connectivity index (χ2n) is 4.45. The molecule has 0 fully saturated rings. The van der Waals surface area contributed by atoms with Gasteiger partial charge < -0.3 is 14.9 Å². The van der Waals surface area contributed by atoms with E-state index in [9.17, 15) is 14.4 Å². The fourth-order valence-electron chi connectivity index (χ4n) is 1.86. The van der Waals surface area contributed by atoms with E-state index in [0.29, 0.717) is 11.1 Å². The fraction of sp³-hybridized carbons (Fsp3) is 0.214. The van der Waals surface area contributed by atoms with Crippen molar-refractivity contribution in [2.75, 3.05) is 0 Å². The Hall–Kier alpha value is -2.83. The number of primary amides is 1. The smallest absolute Gasteiger partial charge is 0.375 e. The summed E-state index contributed by atoms with van der Waals surface area (Å²) in [6.07, 6.45) is -1.17. The molecule has 1 heterocycles. The maximum Gasteiger partial charge on any atom is 0.375 e. The summed E-state index contributed by atoms with van der Waals surface area (Å²) in [5, 5.41) is 2.62. The minimum absolute atomic E-state index is 0.0231. The first-order valence-corrected chi connectivity index (χ1v) is 6.19. The van der Waals surface area contributed by atoms with Crippen LogP contribution in [0.2, 0.25) is 0 Å². The van der Waals surface area contributed by atoms with E-state index in [1.165, 1.54) is 6.92 Å². The Balaban J connectivity index is 2.17. The van der Waals surface area contributed by atoms with Crippen LogP contribution in [0.3, 0.4) is 0 Å². The van der Waals surface area contributed by atoms with Crippen LogP contribution in [0.15, 0.2) is 28.7 Å². The van der Waals surface area contributed by atoms with Gasteiger partial charge >= 0.3 is 12.0 Å². The number of para-hydroxylation sites is 1. The number of ether oxygens (including phenoxy) is 1.